The summed E-state index contributed by atoms with van der Waals surface area (Å²) in [4.78, 5) is 12.0. The van der Waals surface area contributed by atoms with E-state index >= 15 is 0 Å². The van der Waals surface area contributed by atoms with Crippen LogP contribution in [0, 0.1) is 5.82 Å². The minimum absolute atomic E-state index is 0.0896. The second kappa shape index (κ2) is 7.90. The Labute approximate surface area is 148 Å². The quantitative estimate of drug-likeness (QED) is 0.732. The molecular formula is C18H15ClFN3O2. The van der Waals surface area contributed by atoms with Crippen molar-refractivity contribution < 1.29 is 13.6 Å². The number of nitrogens with zero attached hydrogens (tertiary/aromatic N) is 2. The van der Waals surface area contributed by atoms with E-state index in [0.717, 1.165) is 11.1 Å². The van der Waals surface area contributed by atoms with Gasteiger partial charge in [0.05, 0.1) is 6.42 Å². The van der Waals surface area contributed by atoms with Gasteiger partial charge in [0.2, 0.25) is 5.89 Å². The smallest absolute Gasteiger partial charge is 0.308 e. The van der Waals surface area contributed by atoms with Crippen LogP contribution in [-0.4, -0.2) is 22.6 Å². The number of carbonyl (C=O) groups is 1. The van der Waals surface area contributed by atoms with Crippen LogP contribution in [-0.2, 0) is 12.8 Å². The minimum Gasteiger partial charge on any atom is -0.417 e. The second-order valence-electron chi connectivity index (χ2n) is 5.44. The van der Waals surface area contributed by atoms with Crippen LogP contribution in [0.5, 0.6) is 0 Å². The molecule has 3 rings (SSSR count). The Morgan fingerprint density at radius 3 is 2.44 bits per heavy atom. The molecule has 1 aromatic heterocycles. The van der Waals surface area contributed by atoms with E-state index in [1.54, 1.807) is 24.3 Å². The van der Waals surface area contributed by atoms with Crippen LogP contribution < -0.4 is 5.32 Å². The first-order valence-electron chi connectivity index (χ1n) is 7.69. The fourth-order valence-corrected chi connectivity index (χ4v) is 2.37. The maximum absolute atomic E-state index is 12.9. The molecular weight excluding hydrogens is 345 g/mol. The molecule has 0 saturated heterocycles. The molecule has 7 heteroatoms. The number of hydrogen-bond donors (Lipinski definition) is 1. The maximum atomic E-state index is 12.9. The molecule has 1 heterocycles. The zero-order valence-electron chi connectivity index (χ0n) is 13.2. The molecule has 0 bridgehead atoms. The Balaban J connectivity index is 1.51. The molecule has 0 fully saturated rings. The number of aromatic nitrogens is 2. The van der Waals surface area contributed by atoms with Gasteiger partial charge in [0, 0.05) is 11.6 Å². The SMILES string of the molecule is O=C(NCCc1ccc(Cl)cc1)c1nnc(Cc2ccc(F)cc2)o1. The standard InChI is InChI=1S/C18H15ClFN3O2/c19-14-5-1-12(2-6-14)9-10-21-17(24)18-23-22-16(25-18)11-13-3-7-15(20)8-4-13/h1-8H,9-11H2,(H,21,24). The van der Waals surface area contributed by atoms with Gasteiger partial charge in [-0.15, -0.1) is 10.2 Å². The van der Waals surface area contributed by atoms with Crippen molar-refractivity contribution in [2.24, 2.45) is 0 Å². The van der Waals surface area contributed by atoms with Crippen molar-refractivity contribution in [3.63, 3.8) is 0 Å². The molecule has 1 amide bonds. The fourth-order valence-electron chi connectivity index (χ4n) is 2.24. The van der Waals surface area contributed by atoms with Crippen LogP contribution in [0.4, 0.5) is 4.39 Å². The Bertz CT molecular complexity index is 848. The van der Waals surface area contributed by atoms with Crippen LogP contribution in [0.25, 0.3) is 0 Å². The Morgan fingerprint density at radius 2 is 1.72 bits per heavy atom. The van der Waals surface area contributed by atoms with Crippen molar-refractivity contribution in [3.05, 3.63) is 82.3 Å². The van der Waals surface area contributed by atoms with Gasteiger partial charge in [-0.25, -0.2) is 4.39 Å². The first kappa shape index (κ1) is 17.1. The molecule has 128 valence electrons. The molecule has 2 aromatic carbocycles. The number of halogens is 2. The van der Waals surface area contributed by atoms with Crippen molar-refractivity contribution in [2.75, 3.05) is 6.54 Å². The normalized spacial score (nSPS) is 10.6. The third-order valence-electron chi connectivity index (χ3n) is 3.54. The highest BCUT2D eigenvalue weighted by Gasteiger charge is 2.14. The highest BCUT2D eigenvalue weighted by molar-refractivity contribution is 6.30. The number of hydrogen-bond acceptors (Lipinski definition) is 4. The van der Waals surface area contributed by atoms with E-state index in [9.17, 15) is 9.18 Å². The lowest BCUT2D eigenvalue weighted by molar-refractivity contribution is 0.0918. The van der Waals surface area contributed by atoms with Crippen LogP contribution in [0.3, 0.4) is 0 Å². The van der Waals surface area contributed by atoms with Gasteiger partial charge in [0.1, 0.15) is 5.82 Å². The number of carbonyl (C=O) groups excluding carboxylic acids is 1. The summed E-state index contributed by atoms with van der Waals surface area (Å²) in [5, 5.41) is 11.0. The van der Waals surface area contributed by atoms with E-state index in [0.29, 0.717) is 30.3 Å². The van der Waals surface area contributed by atoms with Gasteiger partial charge in [0.25, 0.3) is 0 Å². The molecule has 0 saturated carbocycles. The summed E-state index contributed by atoms with van der Waals surface area (Å²) in [5.41, 5.74) is 1.88. The molecule has 0 spiro atoms. The van der Waals surface area contributed by atoms with Crippen molar-refractivity contribution in [3.8, 4) is 0 Å². The Hall–Kier alpha value is -2.73. The second-order valence-corrected chi connectivity index (χ2v) is 5.87. The Morgan fingerprint density at radius 1 is 1.04 bits per heavy atom. The zero-order chi connectivity index (χ0) is 17.6. The van der Waals surface area contributed by atoms with Gasteiger partial charge in [-0.3, -0.25) is 4.79 Å². The van der Waals surface area contributed by atoms with Crippen molar-refractivity contribution in [1.82, 2.24) is 15.5 Å². The van der Waals surface area contributed by atoms with Gasteiger partial charge < -0.3 is 9.73 Å². The van der Waals surface area contributed by atoms with Crippen LogP contribution in [0.15, 0.2) is 52.9 Å². The average Bonchev–Trinajstić information content (AvgIpc) is 3.07. The highest BCUT2D eigenvalue weighted by atomic mass is 35.5. The lowest BCUT2D eigenvalue weighted by Gasteiger charge is -2.03. The summed E-state index contributed by atoms with van der Waals surface area (Å²) in [6.45, 7) is 0.441. The topological polar surface area (TPSA) is 68.0 Å². The average molecular weight is 360 g/mol. The summed E-state index contributed by atoms with van der Waals surface area (Å²) >= 11 is 5.83. The van der Waals surface area contributed by atoms with Gasteiger partial charge >= 0.3 is 11.8 Å². The van der Waals surface area contributed by atoms with Crippen LogP contribution in [0.2, 0.25) is 5.02 Å². The Kier molecular flexibility index (Phi) is 5.40. The molecule has 0 unspecified atom stereocenters. The summed E-state index contributed by atoms with van der Waals surface area (Å²) in [5.74, 6) is -0.524. The summed E-state index contributed by atoms with van der Waals surface area (Å²) in [6, 6.07) is 13.4. The first-order chi connectivity index (χ1) is 12.1. The van der Waals surface area contributed by atoms with E-state index in [2.05, 4.69) is 15.5 Å². The van der Waals surface area contributed by atoms with Crippen LogP contribution >= 0.6 is 11.6 Å². The van der Waals surface area contributed by atoms with E-state index in [1.807, 2.05) is 12.1 Å². The van der Waals surface area contributed by atoms with Crippen molar-refractivity contribution in [1.29, 1.82) is 0 Å². The summed E-state index contributed by atoms with van der Waals surface area (Å²) < 4.78 is 18.2. The lowest BCUT2D eigenvalue weighted by atomic mass is 10.1. The summed E-state index contributed by atoms with van der Waals surface area (Å²) in [6.07, 6.45) is 1.00. The molecule has 25 heavy (non-hydrogen) atoms. The van der Waals surface area contributed by atoms with Gasteiger partial charge in [-0.05, 0) is 41.8 Å². The lowest BCUT2D eigenvalue weighted by Crippen LogP contribution is -2.26. The number of amides is 1. The number of rotatable bonds is 6. The van der Waals surface area contributed by atoms with Crippen molar-refractivity contribution in [2.45, 2.75) is 12.8 Å². The molecule has 1 N–H and O–H groups in total. The predicted molar refractivity (Wildman–Crippen MR) is 91.0 cm³/mol. The molecule has 0 radical (unpaired) electrons. The maximum Gasteiger partial charge on any atom is 0.308 e. The molecule has 3 aromatic rings. The number of nitrogens with one attached hydrogen (secondary N) is 1. The van der Waals surface area contributed by atoms with E-state index < -0.39 is 5.91 Å². The highest BCUT2D eigenvalue weighted by Crippen LogP contribution is 2.11. The molecule has 5 nitrogen and oxygen atoms in total. The molecule has 0 aliphatic rings. The third kappa shape index (κ3) is 4.87. The first-order valence-corrected chi connectivity index (χ1v) is 8.07. The zero-order valence-corrected chi connectivity index (χ0v) is 14.0. The third-order valence-corrected chi connectivity index (χ3v) is 3.79. The largest absolute Gasteiger partial charge is 0.417 e. The van der Waals surface area contributed by atoms with E-state index in [4.69, 9.17) is 16.0 Å². The van der Waals surface area contributed by atoms with E-state index in [1.165, 1.54) is 12.1 Å². The van der Waals surface area contributed by atoms with Crippen LogP contribution in [0.1, 0.15) is 27.7 Å². The monoisotopic (exact) mass is 359 g/mol. The fraction of sp³-hybridized carbons (Fsp3) is 0.167. The minimum atomic E-state index is -0.424. The van der Waals surface area contributed by atoms with E-state index in [-0.39, 0.29) is 11.7 Å². The van der Waals surface area contributed by atoms with Gasteiger partial charge in [0.15, 0.2) is 0 Å². The van der Waals surface area contributed by atoms with Gasteiger partial charge in [-0.2, -0.15) is 0 Å². The molecule has 0 aliphatic carbocycles. The summed E-state index contributed by atoms with van der Waals surface area (Å²) in [7, 11) is 0. The molecule has 0 aliphatic heterocycles. The molecule has 0 atom stereocenters. The van der Waals surface area contributed by atoms with Gasteiger partial charge in [-0.1, -0.05) is 35.9 Å². The van der Waals surface area contributed by atoms with Crippen molar-refractivity contribution >= 4 is 17.5 Å². The number of benzene rings is 2. The predicted octanol–water partition coefficient (Wildman–Crippen LogP) is 3.43.